The third-order valence-electron chi connectivity index (χ3n) is 4.12. The van der Waals surface area contributed by atoms with Crippen LogP contribution in [-0.2, 0) is 6.54 Å². The van der Waals surface area contributed by atoms with Crippen LogP contribution in [0.1, 0.15) is 37.0 Å². The minimum Gasteiger partial charge on any atom is -0.460 e. The highest BCUT2D eigenvalue weighted by Gasteiger charge is 2.27. The Balaban J connectivity index is 1.74. The molecule has 1 atom stereocenters. The summed E-state index contributed by atoms with van der Waals surface area (Å²) in [6, 6.07) is 5.35. The van der Waals surface area contributed by atoms with E-state index in [1.807, 2.05) is 29.8 Å². The Bertz CT molecular complexity index is 839. The molecule has 0 aromatic carbocycles. The molecular formula is C18H23N5O2. The first-order chi connectivity index (χ1) is 11.8. The second-order valence-electron chi connectivity index (χ2n) is 7.23. The Kier molecular flexibility index (Phi) is 4.48. The van der Waals surface area contributed by atoms with Crippen LogP contribution in [-0.4, -0.2) is 31.7 Å². The monoisotopic (exact) mass is 341 g/mol. The average molecular weight is 341 g/mol. The molecule has 7 heteroatoms. The van der Waals surface area contributed by atoms with Gasteiger partial charge in [-0.15, -0.1) is 0 Å². The fourth-order valence-electron chi connectivity index (χ4n) is 2.52. The van der Waals surface area contributed by atoms with Crippen molar-refractivity contribution in [3.05, 3.63) is 48.4 Å². The van der Waals surface area contributed by atoms with Crippen molar-refractivity contribution in [3.8, 4) is 11.5 Å². The minimum absolute atomic E-state index is 0.0693. The Labute approximate surface area is 146 Å². The van der Waals surface area contributed by atoms with Gasteiger partial charge in [-0.3, -0.25) is 9.89 Å². The Hall–Kier alpha value is -2.83. The van der Waals surface area contributed by atoms with Gasteiger partial charge in [0.2, 0.25) is 0 Å². The first kappa shape index (κ1) is 17.0. The summed E-state index contributed by atoms with van der Waals surface area (Å²) in [5.41, 5.74) is 0.904. The van der Waals surface area contributed by atoms with E-state index in [0.717, 1.165) is 5.76 Å². The molecule has 0 unspecified atom stereocenters. The number of hydrogen-bond acceptors (Lipinski definition) is 4. The fraction of sp³-hybridized carbons (Fsp3) is 0.389. The fourth-order valence-corrected chi connectivity index (χ4v) is 2.52. The summed E-state index contributed by atoms with van der Waals surface area (Å²) in [6.45, 7) is 8.80. The SMILES string of the molecule is Cc1ccc(-c2cc(C(=O)N[C@@H](Cn3ccnc3)C(C)(C)C)n[nH]2)o1. The zero-order valence-electron chi connectivity index (χ0n) is 14.9. The van der Waals surface area contributed by atoms with E-state index in [0.29, 0.717) is 23.7 Å². The molecule has 0 aliphatic rings. The topological polar surface area (TPSA) is 88.7 Å². The number of aromatic nitrogens is 4. The number of aromatic amines is 1. The molecule has 0 saturated carbocycles. The first-order valence-corrected chi connectivity index (χ1v) is 8.22. The number of amides is 1. The molecule has 3 rings (SSSR count). The number of H-pyrrole nitrogens is 1. The number of aryl methyl sites for hydroxylation is 1. The van der Waals surface area contributed by atoms with Crippen LogP contribution >= 0.6 is 0 Å². The molecule has 0 aliphatic heterocycles. The van der Waals surface area contributed by atoms with Crippen LogP contribution < -0.4 is 5.32 Å². The molecule has 1 amide bonds. The summed E-state index contributed by atoms with van der Waals surface area (Å²) in [7, 11) is 0. The van der Waals surface area contributed by atoms with Crippen LogP contribution in [0.25, 0.3) is 11.5 Å². The number of nitrogens with one attached hydrogen (secondary N) is 2. The van der Waals surface area contributed by atoms with Gasteiger partial charge in [0, 0.05) is 25.0 Å². The van der Waals surface area contributed by atoms with Gasteiger partial charge in [-0.2, -0.15) is 5.10 Å². The molecule has 0 radical (unpaired) electrons. The number of carbonyl (C=O) groups is 1. The summed E-state index contributed by atoms with van der Waals surface area (Å²) in [5, 5.41) is 10.1. The molecule has 3 heterocycles. The van der Waals surface area contributed by atoms with Gasteiger partial charge in [-0.05, 0) is 24.5 Å². The largest absolute Gasteiger partial charge is 0.460 e. The van der Waals surface area contributed by atoms with E-state index in [9.17, 15) is 4.79 Å². The molecule has 25 heavy (non-hydrogen) atoms. The number of imidazole rings is 1. The van der Waals surface area contributed by atoms with Crippen molar-refractivity contribution < 1.29 is 9.21 Å². The van der Waals surface area contributed by atoms with Crippen molar-refractivity contribution in [1.29, 1.82) is 0 Å². The number of rotatable bonds is 5. The summed E-state index contributed by atoms with van der Waals surface area (Å²) in [5.74, 6) is 1.25. The molecule has 7 nitrogen and oxygen atoms in total. The molecule has 0 aliphatic carbocycles. The lowest BCUT2D eigenvalue weighted by Crippen LogP contribution is -2.46. The van der Waals surface area contributed by atoms with E-state index in [1.54, 1.807) is 18.6 Å². The smallest absolute Gasteiger partial charge is 0.272 e. The maximum atomic E-state index is 12.6. The van der Waals surface area contributed by atoms with Crippen LogP contribution in [0.5, 0.6) is 0 Å². The zero-order valence-corrected chi connectivity index (χ0v) is 14.9. The van der Waals surface area contributed by atoms with E-state index in [4.69, 9.17) is 4.42 Å². The van der Waals surface area contributed by atoms with Crippen molar-refractivity contribution in [2.24, 2.45) is 5.41 Å². The third-order valence-corrected chi connectivity index (χ3v) is 4.12. The van der Waals surface area contributed by atoms with Crippen molar-refractivity contribution in [2.75, 3.05) is 0 Å². The molecule has 0 saturated heterocycles. The number of nitrogens with zero attached hydrogens (tertiary/aromatic N) is 3. The number of hydrogen-bond donors (Lipinski definition) is 2. The third kappa shape index (κ3) is 3.99. The molecule has 3 aromatic heterocycles. The maximum Gasteiger partial charge on any atom is 0.272 e. The Morgan fingerprint density at radius 3 is 2.80 bits per heavy atom. The van der Waals surface area contributed by atoms with Crippen molar-refractivity contribution in [1.82, 2.24) is 25.1 Å². The van der Waals surface area contributed by atoms with Crippen LogP contribution in [0.15, 0.2) is 41.3 Å². The molecule has 2 N–H and O–H groups in total. The molecule has 0 bridgehead atoms. The summed E-state index contributed by atoms with van der Waals surface area (Å²) in [6.07, 6.45) is 5.36. The van der Waals surface area contributed by atoms with E-state index in [1.165, 1.54) is 0 Å². The summed E-state index contributed by atoms with van der Waals surface area (Å²) < 4.78 is 7.51. The van der Waals surface area contributed by atoms with Gasteiger partial charge in [-0.1, -0.05) is 20.8 Å². The highest BCUT2D eigenvalue weighted by Crippen LogP contribution is 2.23. The van der Waals surface area contributed by atoms with Gasteiger partial charge in [0.15, 0.2) is 11.5 Å². The second kappa shape index (κ2) is 6.58. The van der Waals surface area contributed by atoms with Crippen LogP contribution in [0.3, 0.4) is 0 Å². The molecule has 0 spiro atoms. The molecule has 3 aromatic rings. The van der Waals surface area contributed by atoms with Crippen LogP contribution in [0, 0.1) is 12.3 Å². The molecule has 132 valence electrons. The van der Waals surface area contributed by atoms with Gasteiger partial charge >= 0.3 is 0 Å². The van der Waals surface area contributed by atoms with Gasteiger partial charge in [0.1, 0.15) is 11.5 Å². The van der Waals surface area contributed by atoms with Crippen LogP contribution in [0.2, 0.25) is 0 Å². The van der Waals surface area contributed by atoms with Gasteiger partial charge in [0.05, 0.1) is 12.4 Å². The second-order valence-corrected chi connectivity index (χ2v) is 7.23. The van der Waals surface area contributed by atoms with E-state index in [2.05, 4.69) is 41.3 Å². The number of carbonyl (C=O) groups excluding carboxylic acids is 1. The lowest BCUT2D eigenvalue weighted by Gasteiger charge is -2.31. The minimum atomic E-state index is -0.217. The quantitative estimate of drug-likeness (QED) is 0.746. The Morgan fingerprint density at radius 2 is 2.20 bits per heavy atom. The standard InChI is InChI=1S/C18H23N5O2/c1-12-5-6-15(25-12)13-9-14(22-21-13)17(24)20-16(18(2,3)4)10-23-8-7-19-11-23/h5-9,11,16H,10H2,1-4H3,(H,20,24)(H,21,22)/t16-/m0/s1. The van der Waals surface area contributed by atoms with Gasteiger partial charge in [0.25, 0.3) is 5.91 Å². The van der Waals surface area contributed by atoms with Crippen molar-refractivity contribution >= 4 is 5.91 Å². The lowest BCUT2D eigenvalue weighted by molar-refractivity contribution is 0.0887. The molecular weight excluding hydrogens is 318 g/mol. The Morgan fingerprint density at radius 1 is 1.40 bits per heavy atom. The predicted octanol–water partition coefficient (Wildman–Crippen LogP) is 3.02. The highest BCUT2D eigenvalue weighted by molar-refractivity contribution is 5.93. The number of furan rings is 1. The zero-order chi connectivity index (χ0) is 18.0. The highest BCUT2D eigenvalue weighted by atomic mass is 16.3. The van der Waals surface area contributed by atoms with E-state index < -0.39 is 0 Å². The summed E-state index contributed by atoms with van der Waals surface area (Å²) in [4.78, 5) is 16.7. The van der Waals surface area contributed by atoms with Gasteiger partial charge in [-0.25, -0.2) is 4.98 Å². The first-order valence-electron chi connectivity index (χ1n) is 8.22. The van der Waals surface area contributed by atoms with E-state index in [-0.39, 0.29) is 17.4 Å². The maximum absolute atomic E-state index is 12.6. The normalized spacial score (nSPS) is 13.0. The predicted molar refractivity (Wildman–Crippen MR) is 94.0 cm³/mol. The average Bonchev–Trinajstić information content (AvgIpc) is 3.26. The summed E-state index contributed by atoms with van der Waals surface area (Å²) >= 11 is 0. The van der Waals surface area contributed by atoms with Gasteiger partial charge < -0.3 is 14.3 Å². The molecule has 0 fully saturated rings. The van der Waals surface area contributed by atoms with Crippen molar-refractivity contribution in [3.63, 3.8) is 0 Å². The van der Waals surface area contributed by atoms with Crippen LogP contribution in [0.4, 0.5) is 0 Å². The lowest BCUT2D eigenvalue weighted by atomic mass is 9.86. The van der Waals surface area contributed by atoms with Crippen molar-refractivity contribution in [2.45, 2.75) is 40.3 Å². The van der Waals surface area contributed by atoms with E-state index >= 15 is 0 Å².